The normalized spacial score (nSPS) is 17.4. The molecule has 2 aromatic heterocycles. The van der Waals surface area contributed by atoms with E-state index in [4.69, 9.17) is 0 Å². The van der Waals surface area contributed by atoms with Crippen LogP contribution >= 0.6 is 0 Å². The third-order valence-electron chi connectivity index (χ3n) is 5.69. The summed E-state index contributed by atoms with van der Waals surface area (Å²) in [7, 11) is 0. The molecule has 1 unspecified atom stereocenters. The molecule has 0 saturated heterocycles. The summed E-state index contributed by atoms with van der Waals surface area (Å²) in [6.45, 7) is 5.30. The van der Waals surface area contributed by atoms with Crippen LogP contribution in [-0.4, -0.2) is 36.1 Å². The fourth-order valence-corrected chi connectivity index (χ4v) is 4.13. The van der Waals surface area contributed by atoms with Crippen LogP contribution in [-0.2, 0) is 12.7 Å². The number of rotatable bonds is 3. The third-order valence-corrected chi connectivity index (χ3v) is 5.69. The zero-order valence-corrected chi connectivity index (χ0v) is 17.6. The number of phenols is 1. The lowest BCUT2D eigenvalue weighted by Gasteiger charge is -2.39. The number of hydrogen-bond acceptors (Lipinski definition) is 4. The number of nitrogens with zero attached hydrogens (tertiary/aromatic N) is 4. The van der Waals surface area contributed by atoms with Crippen molar-refractivity contribution >= 4 is 5.91 Å². The number of aromatic hydroxyl groups is 1. The molecule has 3 heterocycles. The van der Waals surface area contributed by atoms with E-state index in [1.54, 1.807) is 31.5 Å². The van der Waals surface area contributed by atoms with E-state index in [1.165, 1.54) is 34.0 Å². The maximum absolute atomic E-state index is 13.3. The van der Waals surface area contributed by atoms with Crippen LogP contribution in [0.15, 0.2) is 47.7 Å². The second-order valence-electron chi connectivity index (χ2n) is 7.99. The number of benzene rings is 1. The van der Waals surface area contributed by atoms with Gasteiger partial charge in [0.1, 0.15) is 17.1 Å². The molecule has 0 radical (unpaired) electrons. The van der Waals surface area contributed by atoms with Crippen molar-refractivity contribution in [3.8, 4) is 11.4 Å². The Kier molecular flexibility index (Phi) is 5.10. The highest BCUT2D eigenvalue weighted by molar-refractivity contribution is 5.94. The standard InChI is InChI=1S/C22H21F3N4O3/c1-12-9-27(11-26-12)18-4-5-19-21(32)29(13(2)10-28(19)20(18)31)14(3)15-6-16(22(23,24)25)8-17(30)7-15/h4-9,11,13-14,30H,10H2,1-3H3/t13-,14?/m1/s1. The van der Waals surface area contributed by atoms with Gasteiger partial charge in [0.15, 0.2) is 0 Å². The lowest BCUT2D eigenvalue weighted by Crippen LogP contribution is -2.50. The number of halogens is 3. The van der Waals surface area contributed by atoms with E-state index in [9.17, 15) is 27.9 Å². The van der Waals surface area contributed by atoms with Crippen molar-refractivity contribution in [3.05, 3.63) is 75.7 Å². The number of fused-ring (bicyclic) bond motifs is 1. The van der Waals surface area contributed by atoms with Gasteiger partial charge in [0, 0.05) is 18.8 Å². The fourth-order valence-electron chi connectivity index (χ4n) is 4.13. The molecule has 2 atom stereocenters. The Balaban J connectivity index is 1.73. The van der Waals surface area contributed by atoms with Gasteiger partial charge in [-0.2, -0.15) is 13.2 Å². The molecule has 1 amide bonds. The van der Waals surface area contributed by atoms with Gasteiger partial charge in [-0.3, -0.25) is 9.59 Å². The maximum atomic E-state index is 13.3. The Morgan fingerprint density at radius 1 is 1.19 bits per heavy atom. The first-order valence-electron chi connectivity index (χ1n) is 9.96. The summed E-state index contributed by atoms with van der Waals surface area (Å²) in [6.07, 6.45) is -1.42. The summed E-state index contributed by atoms with van der Waals surface area (Å²) >= 11 is 0. The van der Waals surface area contributed by atoms with E-state index in [0.29, 0.717) is 11.8 Å². The predicted octanol–water partition coefficient (Wildman–Crippen LogP) is 3.67. The van der Waals surface area contributed by atoms with E-state index in [1.807, 2.05) is 0 Å². The molecule has 3 aromatic rings. The van der Waals surface area contributed by atoms with Crippen molar-refractivity contribution in [2.75, 3.05) is 0 Å². The van der Waals surface area contributed by atoms with E-state index >= 15 is 0 Å². The molecule has 0 aliphatic carbocycles. The Bertz CT molecular complexity index is 1260. The molecule has 0 bridgehead atoms. The largest absolute Gasteiger partial charge is 0.508 e. The highest BCUT2D eigenvalue weighted by atomic mass is 19.4. The zero-order chi connectivity index (χ0) is 23.4. The molecule has 1 aliphatic rings. The average Bonchev–Trinajstić information content (AvgIpc) is 3.13. The van der Waals surface area contributed by atoms with Crippen LogP contribution in [0.2, 0.25) is 0 Å². The van der Waals surface area contributed by atoms with Crippen molar-refractivity contribution in [2.45, 2.75) is 45.6 Å². The van der Waals surface area contributed by atoms with Crippen molar-refractivity contribution in [1.29, 1.82) is 0 Å². The first kappa shape index (κ1) is 21.7. The SMILES string of the molecule is Cc1cn(-c2ccc3n(c2=O)C[C@@H](C)N(C(C)c2cc(O)cc(C(F)(F)F)c2)C3=O)cn1. The molecule has 7 nitrogen and oxygen atoms in total. The lowest BCUT2D eigenvalue weighted by atomic mass is 9.99. The fraction of sp³-hybridized carbons (Fsp3) is 0.318. The van der Waals surface area contributed by atoms with Gasteiger partial charge >= 0.3 is 6.18 Å². The minimum absolute atomic E-state index is 0.150. The number of amides is 1. The van der Waals surface area contributed by atoms with Crippen molar-refractivity contribution in [1.82, 2.24) is 19.0 Å². The summed E-state index contributed by atoms with van der Waals surface area (Å²) in [5.74, 6) is -1.01. The van der Waals surface area contributed by atoms with Crippen LogP contribution in [0.25, 0.3) is 5.69 Å². The number of pyridine rings is 1. The van der Waals surface area contributed by atoms with E-state index in [-0.39, 0.29) is 23.4 Å². The van der Waals surface area contributed by atoms with E-state index in [0.717, 1.165) is 11.8 Å². The van der Waals surface area contributed by atoms with Crippen LogP contribution < -0.4 is 5.56 Å². The highest BCUT2D eigenvalue weighted by Gasteiger charge is 2.36. The molecule has 1 aromatic carbocycles. The van der Waals surface area contributed by atoms with E-state index < -0.39 is 35.5 Å². The van der Waals surface area contributed by atoms with Crippen molar-refractivity contribution < 1.29 is 23.1 Å². The summed E-state index contributed by atoms with van der Waals surface area (Å²) in [5, 5.41) is 9.81. The van der Waals surface area contributed by atoms with Crippen LogP contribution in [0.3, 0.4) is 0 Å². The van der Waals surface area contributed by atoms with Gasteiger partial charge in [0.2, 0.25) is 0 Å². The number of aryl methyl sites for hydroxylation is 1. The van der Waals surface area contributed by atoms with Gasteiger partial charge in [-0.15, -0.1) is 0 Å². The van der Waals surface area contributed by atoms with Gasteiger partial charge in [0.05, 0.1) is 23.6 Å². The number of aromatic nitrogens is 3. The Hall–Kier alpha value is -3.56. The van der Waals surface area contributed by atoms with Crippen LogP contribution in [0.1, 0.15) is 47.2 Å². The first-order valence-corrected chi connectivity index (χ1v) is 9.96. The average molecular weight is 446 g/mol. The topological polar surface area (TPSA) is 80.4 Å². The van der Waals surface area contributed by atoms with Gasteiger partial charge in [-0.25, -0.2) is 4.98 Å². The minimum Gasteiger partial charge on any atom is -0.508 e. The maximum Gasteiger partial charge on any atom is 0.416 e. The number of alkyl halides is 3. The molecule has 10 heteroatoms. The Morgan fingerprint density at radius 3 is 2.53 bits per heavy atom. The van der Waals surface area contributed by atoms with Crippen molar-refractivity contribution in [3.63, 3.8) is 0 Å². The molecular weight excluding hydrogens is 425 g/mol. The van der Waals surface area contributed by atoms with E-state index in [2.05, 4.69) is 4.98 Å². The number of hydrogen-bond donors (Lipinski definition) is 1. The van der Waals surface area contributed by atoms with Gasteiger partial charge in [-0.05, 0) is 56.7 Å². The lowest BCUT2D eigenvalue weighted by molar-refractivity contribution is -0.137. The van der Waals surface area contributed by atoms with Gasteiger partial charge in [-0.1, -0.05) is 0 Å². The van der Waals surface area contributed by atoms with Crippen molar-refractivity contribution in [2.24, 2.45) is 0 Å². The second kappa shape index (κ2) is 7.54. The van der Waals surface area contributed by atoms with Crippen LogP contribution in [0.5, 0.6) is 5.75 Å². The summed E-state index contributed by atoms with van der Waals surface area (Å²) in [4.78, 5) is 31.9. The monoisotopic (exact) mass is 446 g/mol. The molecule has 168 valence electrons. The second-order valence-corrected chi connectivity index (χ2v) is 7.99. The van der Waals surface area contributed by atoms with Gasteiger partial charge < -0.3 is 19.1 Å². The minimum atomic E-state index is -4.63. The number of imidazole rings is 1. The van der Waals surface area contributed by atoms with Crippen LogP contribution in [0.4, 0.5) is 13.2 Å². The third kappa shape index (κ3) is 3.65. The van der Waals surface area contributed by atoms with Gasteiger partial charge in [0.25, 0.3) is 11.5 Å². The zero-order valence-electron chi connectivity index (χ0n) is 17.6. The highest BCUT2D eigenvalue weighted by Crippen LogP contribution is 2.36. The number of carbonyl (C=O) groups excluding carboxylic acids is 1. The quantitative estimate of drug-likeness (QED) is 0.666. The summed E-state index contributed by atoms with van der Waals surface area (Å²) in [6, 6.07) is 4.62. The molecule has 0 fully saturated rings. The first-order chi connectivity index (χ1) is 15.0. The predicted molar refractivity (Wildman–Crippen MR) is 110 cm³/mol. The molecule has 0 saturated carbocycles. The smallest absolute Gasteiger partial charge is 0.416 e. The molecular formula is C22H21F3N4O3. The summed E-state index contributed by atoms with van der Waals surface area (Å²) in [5.41, 5.74) is 0.0348. The molecule has 32 heavy (non-hydrogen) atoms. The summed E-state index contributed by atoms with van der Waals surface area (Å²) < 4.78 is 42.5. The number of carbonyl (C=O) groups is 1. The molecule has 4 rings (SSSR count). The Morgan fingerprint density at radius 2 is 1.91 bits per heavy atom. The Labute approximate surface area is 181 Å². The number of phenolic OH excluding ortho intramolecular Hbond substituents is 1. The molecule has 0 spiro atoms. The molecule has 1 N–H and O–H groups in total. The molecule has 1 aliphatic heterocycles. The van der Waals surface area contributed by atoms with Crippen LogP contribution in [0, 0.1) is 6.92 Å².